The van der Waals surface area contributed by atoms with Crippen molar-refractivity contribution in [2.45, 2.75) is 23.0 Å². The van der Waals surface area contributed by atoms with Gasteiger partial charge in [-0.05, 0) is 24.6 Å². The van der Waals surface area contributed by atoms with Gasteiger partial charge < -0.3 is 4.74 Å². The molecule has 0 saturated heterocycles. The summed E-state index contributed by atoms with van der Waals surface area (Å²) in [5, 5.41) is 8.97. The molecule has 0 heterocycles. The maximum Gasteiger partial charge on any atom is 0.183 e. The SMILES string of the molecule is COC[C@]1(C#N)[C@@H](c2ccc(C)cc2)[C@@H]1S(=O)(=O)c1ccccc1. The van der Waals surface area contributed by atoms with E-state index in [0.29, 0.717) is 0 Å². The molecule has 0 amide bonds. The van der Waals surface area contributed by atoms with Crippen LogP contribution in [-0.2, 0) is 14.6 Å². The molecular formula is C19H19NO3S. The Bertz CT molecular complexity index is 869. The molecule has 124 valence electrons. The Morgan fingerprint density at radius 2 is 1.75 bits per heavy atom. The molecule has 0 bridgehead atoms. The number of aryl methyl sites for hydroxylation is 1. The number of rotatable bonds is 5. The van der Waals surface area contributed by atoms with Gasteiger partial charge in [0.2, 0.25) is 0 Å². The number of sulfone groups is 1. The molecule has 3 atom stereocenters. The molecule has 1 saturated carbocycles. The number of hydrogen-bond donors (Lipinski definition) is 0. The Morgan fingerprint density at radius 1 is 1.12 bits per heavy atom. The summed E-state index contributed by atoms with van der Waals surface area (Å²) in [5.41, 5.74) is 0.915. The molecule has 3 rings (SSSR count). The number of nitriles is 1. The van der Waals surface area contributed by atoms with Crippen molar-refractivity contribution in [1.29, 1.82) is 5.26 Å². The topological polar surface area (TPSA) is 67.2 Å². The zero-order valence-corrected chi connectivity index (χ0v) is 14.5. The highest BCUT2D eigenvalue weighted by atomic mass is 32.2. The van der Waals surface area contributed by atoms with Crippen LogP contribution in [-0.4, -0.2) is 27.4 Å². The highest BCUT2D eigenvalue weighted by Crippen LogP contribution is 2.63. The zero-order valence-electron chi connectivity index (χ0n) is 13.6. The minimum atomic E-state index is -3.62. The van der Waals surface area contributed by atoms with Gasteiger partial charge in [0.1, 0.15) is 5.41 Å². The fourth-order valence-electron chi connectivity index (χ4n) is 3.44. The van der Waals surface area contributed by atoms with E-state index in [1.165, 1.54) is 7.11 Å². The van der Waals surface area contributed by atoms with Crippen LogP contribution in [0.25, 0.3) is 0 Å². The molecule has 2 aromatic rings. The Labute approximate surface area is 142 Å². The number of nitrogens with zero attached hydrogens (tertiary/aromatic N) is 1. The number of hydrogen-bond acceptors (Lipinski definition) is 4. The van der Waals surface area contributed by atoms with Gasteiger partial charge in [0.15, 0.2) is 9.84 Å². The van der Waals surface area contributed by atoms with Crippen LogP contribution in [0.5, 0.6) is 0 Å². The van der Waals surface area contributed by atoms with Gasteiger partial charge in [-0.25, -0.2) is 8.42 Å². The van der Waals surface area contributed by atoms with Crippen molar-refractivity contribution in [2.24, 2.45) is 5.41 Å². The Morgan fingerprint density at radius 3 is 2.29 bits per heavy atom. The average Bonchev–Trinajstić information content (AvgIpc) is 3.26. The van der Waals surface area contributed by atoms with E-state index in [9.17, 15) is 13.7 Å². The van der Waals surface area contributed by atoms with Crippen molar-refractivity contribution >= 4 is 9.84 Å². The van der Waals surface area contributed by atoms with Gasteiger partial charge in [-0.15, -0.1) is 0 Å². The van der Waals surface area contributed by atoms with E-state index in [1.807, 2.05) is 31.2 Å². The third-order valence-corrected chi connectivity index (χ3v) is 6.98. The smallest absolute Gasteiger partial charge is 0.183 e. The van der Waals surface area contributed by atoms with Crippen LogP contribution in [0.4, 0.5) is 0 Å². The molecule has 4 nitrogen and oxygen atoms in total. The van der Waals surface area contributed by atoms with E-state index < -0.39 is 20.5 Å². The third kappa shape index (κ3) is 2.52. The van der Waals surface area contributed by atoms with Crippen LogP contribution in [0.15, 0.2) is 59.5 Å². The zero-order chi connectivity index (χ0) is 17.4. The highest BCUT2D eigenvalue weighted by molar-refractivity contribution is 7.92. The van der Waals surface area contributed by atoms with Crippen LogP contribution < -0.4 is 0 Å². The van der Waals surface area contributed by atoms with Crippen LogP contribution in [0.3, 0.4) is 0 Å². The predicted octanol–water partition coefficient (Wildman–Crippen LogP) is 3.09. The first-order valence-corrected chi connectivity index (χ1v) is 9.27. The van der Waals surface area contributed by atoms with Crippen molar-refractivity contribution in [3.05, 3.63) is 65.7 Å². The second-order valence-corrected chi connectivity index (χ2v) is 8.32. The molecule has 5 heteroatoms. The molecule has 0 spiro atoms. The molecule has 24 heavy (non-hydrogen) atoms. The monoisotopic (exact) mass is 341 g/mol. The van der Waals surface area contributed by atoms with E-state index in [4.69, 9.17) is 4.74 Å². The quantitative estimate of drug-likeness (QED) is 0.838. The first-order chi connectivity index (χ1) is 11.5. The van der Waals surface area contributed by atoms with Crippen molar-refractivity contribution in [2.75, 3.05) is 13.7 Å². The van der Waals surface area contributed by atoms with Gasteiger partial charge in [-0.3, -0.25) is 0 Å². The second-order valence-electron chi connectivity index (χ2n) is 6.25. The van der Waals surface area contributed by atoms with Gasteiger partial charge in [-0.1, -0.05) is 48.0 Å². The minimum Gasteiger partial charge on any atom is -0.383 e. The summed E-state index contributed by atoms with van der Waals surface area (Å²) in [7, 11) is -2.12. The molecule has 0 radical (unpaired) electrons. The standard InChI is InChI=1S/C19H19NO3S/c1-14-8-10-15(11-9-14)17-18(19(17,12-20)13-23-2)24(21,22)16-6-4-3-5-7-16/h3-11,17-18H,13H2,1-2H3/t17-,18-,19+/m0/s1. The molecule has 0 aliphatic heterocycles. The lowest BCUT2D eigenvalue weighted by Crippen LogP contribution is -2.19. The van der Waals surface area contributed by atoms with Crippen LogP contribution in [0, 0.1) is 23.7 Å². The fraction of sp³-hybridized carbons (Fsp3) is 0.316. The number of ether oxygens (including phenoxy) is 1. The lowest BCUT2D eigenvalue weighted by molar-refractivity contribution is 0.162. The summed E-state index contributed by atoms with van der Waals surface area (Å²) in [6.07, 6.45) is 0. The van der Waals surface area contributed by atoms with E-state index in [-0.39, 0.29) is 17.4 Å². The molecule has 0 unspecified atom stereocenters. The van der Waals surface area contributed by atoms with Gasteiger partial charge in [0, 0.05) is 13.0 Å². The summed E-state index contributed by atoms with van der Waals surface area (Å²) in [4.78, 5) is 0.250. The summed E-state index contributed by atoms with van der Waals surface area (Å²) in [6.45, 7) is 2.07. The van der Waals surface area contributed by atoms with E-state index >= 15 is 0 Å². The highest BCUT2D eigenvalue weighted by Gasteiger charge is 2.72. The summed E-state index contributed by atoms with van der Waals surface area (Å²) in [6, 6.07) is 18.2. The van der Waals surface area contributed by atoms with Crippen molar-refractivity contribution < 1.29 is 13.2 Å². The van der Waals surface area contributed by atoms with Gasteiger partial charge >= 0.3 is 0 Å². The van der Waals surface area contributed by atoms with E-state index in [1.54, 1.807) is 30.3 Å². The maximum absolute atomic E-state index is 13.1. The van der Waals surface area contributed by atoms with Crippen LogP contribution in [0.1, 0.15) is 17.0 Å². The van der Waals surface area contributed by atoms with Gasteiger partial charge in [0.25, 0.3) is 0 Å². The molecule has 1 aliphatic carbocycles. The second kappa shape index (κ2) is 6.04. The van der Waals surface area contributed by atoms with Crippen molar-refractivity contribution in [3.63, 3.8) is 0 Å². The van der Waals surface area contributed by atoms with Gasteiger partial charge in [0.05, 0.1) is 22.8 Å². The summed E-state index contributed by atoms with van der Waals surface area (Å²) in [5.74, 6) is -0.381. The lowest BCUT2D eigenvalue weighted by atomic mass is 10.0. The molecule has 1 fully saturated rings. The molecule has 1 aliphatic rings. The van der Waals surface area contributed by atoms with Crippen molar-refractivity contribution in [3.8, 4) is 6.07 Å². The largest absolute Gasteiger partial charge is 0.383 e. The molecule has 2 aromatic carbocycles. The first-order valence-electron chi connectivity index (χ1n) is 7.73. The van der Waals surface area contributed by atoms with Crippen molar-refractivity contribution in [1.82, 2.24) is 0 Å². The number of methoxy groups -OCH3 is 1. The van der Waals surface area contributed by atoms with Crippen LogP contribution >= 0.6 is 0 Å². The molecule has 0 aromatic heterocycles. The molecule has 0 N–H and O–H groups in total. The van der Waals surface area contributed by atoms with Gasteiger partial charge in [-0.2, -0.15) is 5.26 Å². The first kappa shape index (κ1) is 16.7. The lowest BCUT2D eigenvalue weighted by Gasteiger charge is -2.08. The Kier molecular flexibility index (Phi) is 4.20. The molecular weight excluding hydrogens is 322 g/mol. The predicted molar refractivity (Wildman–Crippen MR) is 91.3 cm³/mol. The number of benzene rings is 2. The fourth-order valence-corrected chi connectivity index (χ4v) is 5.77. The van der Waals surface area contributed by atoms with Crippen LogP contribution in [0.2, 0.25) is 0 Å². The summed E-state index contributed by atoms with van der Waals surface area (Å²) >= 11 is 0. The normalized spacial score (nSPS) is 25.9. The van der Waals surface area contributed by atoms with E-state index in [2.05, 4.69) is 6.07 Å². The average molecular weight is 341 g/mol. The van der Waals surface area contributed by atoms with E-state index in [0.717, 1.165) is 11.1 Å². The third-order valence-electron chi connectivity index (χ3n) is 4.69. The Balaban J connectivity index is 2.08. The maximum atomic E-state index is 13.1. The summed E-state index contributed by atoms with van der Waals surface area (Å²) < 4.78 is 31.4. The minimum absolute atomic E-state index is 0.0960. The Hall–Kier alpha value is -2.16.